The van der Waals surface area contributed by atoms with Crippen LogP contribution in [0.3, 0.4) is 0 Å². The molecule has 1 saturated carbocycles. The molecule has 1 fully saturated rings. The number of pyridine rings is 2. The predicted molar refractivity (Wildman–Crippen MR) is 117 cm³/mol. The normalized spacial score (nSPS) is 19.3. The summed E-state index contributed by atoms with van der Waals surface area (Å²) in [7, 11) is 0. The van der Waals surface area contributed by atoms with Crippen molar-refractivity contribution in [1.29, 1.82) is 5.26 Å². The van der Waals surface area contributed by atoms with E-state index in [-0.39, 0.29) is 12.6 Å². The number of nitrogens with one attached hydrogen (secondary N) is 1. The quantitative estimate of drug-likeness (QED) is 0.658. The Morgan fingerprint density at radius 3 is 2.74 bits per heavy atom. The van der Waals surface area contributed by atoms with Gasteiger partial charge in [-0.05, 0) is 64.5 Å². The van der Waals surface area contributed by atoms with E-state index in [1.807, 2.05) is 32.9 Å². The van der Waals surface area contributed by atoms with Gasteiger partial charge in [0.25, 0.3) is 0 Å². The first kappa shape index (κ1) is 21.0. The fourth-order valence-corrected chi connectivity index (χ4v) is 4.36. The van der Waals surface area contributed by atoms with Gasteiger partial charge in [0.05, 0.1) is 29.8 Å². The molecule has 3 aromatic heterocycles. The summed E-state index contributed by atoms with van der Waals surface area (Å²) in [6.07, 6.45) is 7.63. The second kappa shape index (κ2) is 8.50. The van der Waals surface area contributed by atoms with Gasteiger partial charge in [0, 0.05) is 18.7 Å². The number of nitriles is 1. The Morgan fingerprint density at radius 2 is 2.03 bits per heavy atom. The van der Waals surface area contributed by atoms with Crippen molar-refractivity contribution < 1.29 is 9.53 Å². The SMILES string of the molecule is CC(C)(C)OC(=O)NCc1nc2cnc3cccnc3c2n1[C@H]1CC[C@H](CC#N)CC1. The van der Waals surface area contributed by atoms with Crippen molar-refractivity contribution in [2.24, 2.45) is 5.92 Å². The Bertz CT molecular complexity index is 1130. The number of rotatable bonds is 4. The largest absolute Gasteiger partial charge is 0.444 e. The van der Waals surface area contributed by atoms with E-state index in [0.717, 1.165) is 53.6 Å². The molecule has 3 aromatic rings. The van der Waals surface area contributed by atoms with Crippen LogP contribution in [0.15, 0.2) is 24.5 Å². The van der Waals surface area contributed by atoms with Crippen LogP contribution in [0.2, 0.25) is 0 Å². The highest BCUT2D eigenvalue weighted by atomic mass is 16.6. The maximum Gasteiger partial charge on any atom is 0.408 e. The Kier molecular flexibility index (Phi) is 5.77. The molecular formula is C23H28N6O2. The van der Waals surface area contributed by atoms with Crippen LogP contribution in [0.1, 0.15) is 64.7 Å². The summed E-state index contributed by atoms with van der Waals surface area (Å²) in [4.78, 5) is 26.1. The first-order valence-corrected chi connectivity index (χ1v) is 10.8. The molecule has 8 nitrogen and oxygen atoms in total. The van der Waals surface area contributed by atoms with Crippen LogP contribution in [0, 0.1) is 17.2 Å². The van der Waals surface area contributed by atoms with Gasteiger partial charge in [-0.15, -0.1) is 0 Å². The van der Waals surface area contributed by atoms with E-state index in [9.17, 15) is 4.79 Å². The first-order chi connectivity index (χ1) is 14.9. The predicted octanol–water partition coefficient (Wildman–Crippen LogP) is 4.65. The lowest BCUT2D eigenvalue weighted by molar-refractivity contribution is 0.0521. The molecule has 0 unspecified atom stereocenters. The van der Waals surface area contributed by atoms with Gasteiger partial charge in [-0.2, -0.15) is 5.26 Å². The molecule has 0 aromatic carbocycles. The topological polar surface area (TPSA) is 106 Å². The van der Waals surface area contributed by atoms with Gasteiger partial charge >= 0.3 is 6.09 Å². The van der Waals surface area contributed by atoms with Crippen molar-refractivity contribution in [1.82, 2.24) is 24.8 Å². The van der Waals surface area contributed by atoms with E-state index in [1.165, 1.54) is 0 Å². The van der Waals surface area contributed by atoms with Gasteiger partial charge in [-0.25, -0.2) is 9.78 Å². The highest BCUT2D eigenvalue weighted by Gasteiger charge is 2.27. The Morgan fingerprint density at radius 1 is 1.26 bits per heavy atom. The van der Waals surface area contributed by atoms with Crippen molar-refractivity contribution >= 4 is 28.2 Å². The maximum atomic E-state index is 12.2. The number of carbonyl (C=O) groups excluding carboxylic acids is 1. The number of ether oxygens (including phenoxy) is 1. The molecule has 0 saturated heterocycles. The minimum Gasteiger partial charge on any atom is -0.444 e. The molecule has 8 heteroatoms. The van der Waals surface area contributed by atoms with E-state index in [2.05, 4.69) is 25.9 Å². The molecule has 0 radical (unpaired) electrons. The van der Waals surface area contributed by atoms with Gasteiger partial charge in [0.1, 0.15) is 22.5 Å². The summed E-state index contributed by atoms with van der Waals surface area (Å²) in [6.45, 7) is 5.77. The summed E-state index contributed by atoms with van der Waals surface area (Å²) >= 11 is 0. The number of imidazole rings is 1. The summed E-state index contributed by atoms with van der Waals surface area (Å²) in [5.74, 6) is 1.22. The minimum atomic E-state index is -0.562. The molecule has 0 bridgehead atoms. The van der Waals surface area contributed by atoms with Crippen molar-refractivity contribution in [2.45, 2.75) is 71.1 Å². The Hall–Kier alpha value is -3.21. The Labute approximate surface area is 181 Å². The molecule has 0 atom stereocenters. The van der Waals surface area contributed by atoms with Gasteiger partial charge < -0.3 is 14.6 Å². The number of fused-ring (bicyclic) bond motifs is 3. The lowest BCUT2D eigenvalue weighted by Gasteiger charge is -2.30. The van der Waals surface area contributed by atoms with Gasteiger partial charge in [-0.3, -0.25) is 9.97 Å². The zero-order chi connectivity index (χ0) is 22.0. The maximum absolute atomic E-state index is 12.2. The average Bonchev–Trinajstić information content (AvgIpc) is 3.11. The number of hydrogen-bond donors (Lipinski definition) is 1. The smallest absolute Gasteiger partial charge is 0.408 e. The lowest BCUT2D eigenvalue weighted by atomic mass is 9.84. The van der Waals surface area contributed by atoms with Crippen LogP contribution in [-0.2, 0) is 11.3 Å². The second-order valence-corrected chi connectivity index (χ2v) is 9.15. The third-order valence-corrected chi connectivity index (χ3v) is 5.70. The second-order valence-electron chi connectivity index (χ2n) is 9.15. The van der Waals surface area contributed by atoms with Crippen molar-refractivity contribution in [3.05, 3.63) is 30.4 Å². The van der Waals surface area contributed by atoms with Crippen molar-refractivity contribution in [3.63, 3.8) is 0 Å². The highest BCUT2D eigenvalue weighted by Crippen LogP contribution is 2.37. The van der Waals surface area contributed by atoms with Gasteiger partial charge in [0.2, 0.25) is 0 Å². The van der Waals surface area contributed by atoms with Crippen LogP contribution >= 0.6 is 0 Å². The van der Waals surface area contributed by atoms with E-state index in [4.69, 9.17) is 15.0 Å². The average molecular weight is 421 g/mol. The molecule has 1 N–H and O–H groups in total. The van der Waals surface area contributed by atoms with Gasteiger partial charge in [-0.1, -0.05) is 0 Å². The van der Waals surface area contributed by atoms with E-state index in [0.29, 0.717) is 12.3 Å². The number of aromatic nitrogens is 4. The van der Waals surface area contributed by atoms with E-state index < -0.39 is 11.7 Å². The number of carbonyl (C=O) groups is 1. The Balaban J connectivity index is 1.70. The lowest BCUT2D eigenvalue weighted by Crippen LogP contribution is -2.33. The third-order valence-electron chi connectivity index (χ3n) is 5.70. The van der Waals surface area contributed by atoms with Crippen molar-refractivity contribution in [3.8, 4) is 6.07 Å². The molecule has 1 amide bonds. The molecule has 162 valence electrons. The molecule has 0 spiro atoms. The molecule has 1 aliphatic carbocycles. The molecular weight excluding hydrogens is 392 g/mol. The number of alkyl carbamates (subject to hydrolysis) is 1. The van der Waals surface area contributed by atoms with Crippen LogP contribution < -0.4 is 5.32 Å². The van der Waals surface area contributed by atoms with Crippen LogP contribution in [0.4, 0.5) is 4.79 Å². The molecule has 1 aliphatic rings. The molecule has 4 rings (SSSR count). The van der Waals surface area contributed by atoms with E-state index in [1.54, 1.807) is 12.4 Å². The van der Waals surface area contributed by atoms with Crippen LogP contribution in [0.25, 0.3) is 22.1 Å². The fourth-order valence-electron chi connectivity index (χ4n) is 4.36. The summed E-state index contributed by atoms with van der Waals surface area (Å²) < 4.78 is 7.62. The minimum absolute atomic E-state index is 0.239. The molecule has 3 heterocycles. The molecule has 31 heavy (non-hydrogen) atoms. The molecule has 0 aliphatic heterocycles. The number of nitrogens with zero attached hydrogens (tertiary/aromatic N) is 5. The summed E-state index contributed by atoms with van der Waals surface area (Å²) in [6, 6.07) is 6.36. The van der Waals surface area contributed by atoms with Gasteiger partial charge in [0.15, 0.2) is 0 Å². The standard InChI is InChI=1S/C23H28N6O2/c1-23(2,3)31-22(30)27-14-19-28-18-13-26-17-5-4-12-25-20(17)21(18)29(19)16-8-6-15(7-9-16)10-11-24/h4-5,12-13,15-16H,6-10,14H2,1-3H3,(H,27,30)/t15-,16-. The fraction of sp³-hybridized carbons (Fsp3) is 0.522. The van der Waals surface area contributed by atoms with Crippen LogP contribution in [0.5, 0.6) is 0 Å². The summed E-state index contributed by atoms with van der Waals surface area (Å²) in [5, 5.41) is 11.9. The summed E-state index contributed by atoms with van der Waals surface area (Å²) in [5.41, 5.74) is 2.80. The zero-order valence-electron chi connectivity index (χ0n) is 18.3. The van der Waals surface area contributed by atoms with Crippen LogP contribution in [-0.4, -0.2) is 31.2 Å². The third kappa shape index (κ3) is 4.61. The zero-order valence-corrected chi connectivity index (χ0v) is 18.3. The monoisotopic (exact) mass is 420 g/mol. The highest BCUT2D eigenvalue weighted by molar-refractivity contribution is 5.99. The number of hydrogen-bond acceptors (Lipinski definition) is 6. The van der Waals surface area contributed by atoms with E-state index >= 15 is 0 Å². The first-order valence-electron chi connectivity index (χ1n) is 10.8. The van der Waals surface area contributed by atoms with Crippen molar-refractivity contribution in [2.75, 3.05) is 0 Å². The number of amides is 1.